The maximum Gasteiger partial charge on any atom is 0.272 e. The third kappa shape index (κ3) is 5.50. The Kier molecular flexibility index (Phi) is 8.49. The number of nitro benzene ring substituents is 1. The average Bonchev–Trinajstić information content (AvgIpc) is 2.91. The molecule has 9 heteroatoms. The zero-order valence-corrected chi connectivity index (χ0v) is 19.3. The van der Waals surface area contributed by atoms with Crippen molar-refractivity contribution < 1.29 is 13.3 Å². The number of nitro groups is 1. The molecule has 0 spiro atoms. The van der Waals surface area contributed by atoms with E-state index in [-0.39, 0.29) is 16.1 Å². The predicted octanol–water partition coefficient (Wildman–Crippen LogP) is 3.45. The van der Waals surface area contributed by atoms with Crippen LogP contribution in [0.2, 0.25) is 0 Å². The molecule has 0 aliphatic carbocycles. The highest BCUT2D eigenvalue weighted by molar-refractivity contribution is 9.09. The summed E-state index contributed by atoms with van der Waals surface area (Å²) >= 11 is 3.41. The van der Waals surface area contributed by atoms with Crippen molar-refractivity contribution in [2.45, 2.75) is 42.8 Å². The fraction of sp³-hybridized carbons (Fsp3) is 0.600. The first kappa shape index (κ1) is 23.6. The summed E-state index contributed by atoms with van der Waals surface area (Å²) in [6.45, 7) is 4.67. The van der Waals surface area contributed by atoms with Gasteiger partial charge in [0.25, 0.3) is 5.69 Å². The van der Waals surface area contributed by atoms with Crippen LogP contribution in [0.25, 0.3) is 0 Å². The summed E-state index contributed by atoms with van der Waals surface area (Å²) in [6.07, 6.45) is 8.27. The number of benzene rings is 1. The van der Waals surface area contributed by atoms with Gasteiger partial charge in [0.15, 0.2) is 9.84 Å². The Balaban J connectivity index is 2.70. The highest BCUT2D eigenvalue weighted by Crippen LogP contribution is 2.37. The number of hydrogen-bond donors (Lipinski definition) is 0. The Labute approximate surface area is 181 Å². The third-order valence-corrected chi connectivity index (χ3v) is 7.86. The molecule has 2 rings (SSSR count). The van der Waals surface area contributed by atoms with Crippen LogP contribution in [0.15, 0.2) is 17.0 Å². The molecule has 1 aromatic rings. The van der Waals surface area contributed by atoms with Crippen molar-refractivity contribution in [3.8, 4) is 12.3 Å². The van der Waals surface area contributed by atoms with E-state index in [1.54, 1.807) is 0 Å². The molecule has 7 nitrogen and oxygen atoms in total. The van der Waals surface area contributed by atoms with E-state index in [1.165, 1.54) is 12.1 Å². The van der Waals surface area contributed by atoms with Crippen LogP contribution in [0.5, 0.6) is 0 Å². The van der Waals surface area contributed by atoms with E-state index in [4.69, 9.17) is 6.42 Å². The van der Waals surface area contributed by atoms with Gasteiger partial charge < -0.3 is 9.80 Å². The number of alkyl halides is 1. The van der Waals surface area contributed by atoms with Gasteiger partial charge in [-0.1, -0.05) is 28.8 Å². The minimum atomic E-state index is -3.79. The van der Waals surface area contributed by atoms with Crippen molar-refractivity contribution in [3.05, 3.63) is 27.8 Å². The number of terminal acetylenes is 1. The van der Waals surface area contributed by atoms with Gasteiger partial charge in [-0.2, -0.15) is 0 Å². The fourth-order valence-electron chi connectivity index (χ4n) is 3.76. The molecule has 1 fully saturated rings. The molecule has 0 bridgehead atoms. The number of sulfone groups is 1. The molecular weight excluding hydrogens is 458 g/mol. The number of nitrogens with zero attached hydrogens (tertiary/aromatic N) is 3. The van der Waals surface area contributed by atoms with Crippen molar-refractivity contribution in [1.82, 2.24) is 4.90 Å². The molecule has 0 radical (unpaired) electrons. The summed E-state index contributed by atoms with van der Waals surface area (Å²) in [5.41, 5.74) is 0.372. The zero-order valence-electron chi connectivity index (χ0n) is 16.9. The van der Waals surface area contributed by atoms with Gasteiger partial charge in [0.2, 0.25) is 0 Å². The molecule has 1 unspecified atom stereocenters. The summed E-state index contributed by atoms with van der Waals surface area (Å²) < 4.78 is 27.4. The molecule has 0 amide bonds. The normalized spacial score (nSPS) is 18.1. The van der Waals surface area contributed by atoms with E-state index in [1.807, 2.05) is 18.9 Å². The topological polar surface area (TPSA) is 83.8 Å². The Morgan fingerprint density at radius 1 is 1.34 bits per heavy atom. The Morgan fingerprint density at radius 2 is 2.07 bits per heavy atom. The van der Waals surface area contributed by atoms with Gasteiger partial charge in [0.1, 0.15) is 0 Å². The van der Waals surface area contributed by atoms with Gasteiger partial charge in [0.05, 0.1) is 26.3 Å². The highest BCUT2D eigenvalue weighted by Gasteiger charge is 2.34. The van der Waals surface area contributed by atoms with Crippen LogP contribution in [-0.4, -0.2) is 62.0 Å². The second-order valence-corrected chi connectivity index (χ2v) is 10.3. The van der Waals surface area contributed by atoms with E-state index in [0.717, 1.165) is 19.4 Å². The molecule has 1 atom stereocenters. The molecule has 0 saturated carbocycles. The lowest BCUT2D eigenvalue weighted by Gasteiger charge is -2.28. The van der Waals surface area contributed by atoms with Crippen molar-refractivity contribution in [2.24, 2.45) is 0 Å². The van der Waals surface area contributed by atoms with E-state index in [9.17, 15) is 18.5 Å². The fourth-order valence-corrected chi connectivity index (χ4v) is 6.23. The Morgan fingerprint density at radius 3 is 2.66 bits per heavy atom. The maximum absolute atomic E-state index is 13.7. The van der Waals surface area contributed by atoms with Gasteiger partial charge in [-0.25, -0.2) is 8.42 Å². The molecule has 0 aromatic heterocycles. The van der Waals surface area contributed by atoms with Crippen LogP contribution in [0.4, 0.5) is 11.4 Å². The van der Waals surface area contributed by atoms with Crippen molar-refractivity contribution >= 4 is 37.1 Å². The SMILES string of the molecule is C#Cc1cc([N+](=O)[O-])cc(S(=O)(=O)C2CCCN(C)CC2)c1N(CCC)CCBr. The molecule has 1 aromatic carbocycles. The van der Waals surface area contributed by atoms with Crippen LogP contribution in [0, 0.1) is 22.5 Å². The lowest BCUT2D eigenvalue weighted by atomic mass is 10.1. The summed E-state index contributed by atoms with van der Waals surface area (Å²) in [4.78, 5) is 14.9. The van der Waals surface area contributed by atoms with Gasteiger partial charge in [-0.05, 0) is 45.8 Å². The minimum Gasteiger partial charge on any atom is -0.369 e. The zero-order chi connectivity index (χ0) is 21.6. The van der Waals surface area contributed by atoms with Gasteiger partial charge >= 0.3 is 0 Å². The lowest BCUT2D eigenvalue weighted by Crippen LogP contribution is -2.31. The first-order valence-corrected chi connectivity index (χ1v) is 12.4. The molecule has 1 aliphatic heterocycles. The molecule has 1 heterocycles. The number of hydrogen-bond acceptors (Lipinski definition) is 6. The van der Waals surface area contributed by atoms with Crippen LogP contribution in [-0.2, 0) is 9.84 Å². The van der Waals surface area contributed by atoms with Gasteiger partial charge in [0, 0.05) is 30.6 Å². The molecule has 1 aliphatic rings. The monoisotopic (exact) mass is 485 g/mol. The summed E-state index contributed by atoms with van der Waals surface area (Å²) in [5, 5.41) is 11.5. The van der Waals surface area contributed by atoms with Crippen molar-refractivity contribution in [2.75, 3.05) is 43.5 Å². The summed E-state index contributed by atoms with van der Waals surface area (Å²) in [5.74, 6) is 2.49. The van der Waals surface area contributed by atoms with Crippen LogP contribution < -0.4 is 4.90 Å². The third-order valence-electron chi connectivity index (χ3n) is 5.23. The lowest BCUT2D eigenvalue weighted by molar-refractivity contribution is -0.385. The second kappa shape index (κ2) is 10.4. The number of anilines is 1. The quantitative estimate of drug-likeness (QED) is 0.242. The largest absolute Gasteiger partial charge is 0.369 e. The van der Waals surface area contributed by atoms with Gasteiger partial charge in [-0.3, -0.25) is 10.1 Å². The van der Waals surface area contributed by atoms with Crippen LogP contribution >= 0.6 is 15.9 Å². The molecular formula is C20H28BrN3O4S. The predicted molar refractivity (Wildman–Crippen MR) is 120 cm³/mol. The van der Waals surface area contributed by atoms with Crippen LogP contribution in [0.1, 0.15) is 38.2 Å². The standard InChI is InChI=1S/C20H28BrN3O4S/c1-4-10-23(13-9-21)20-16(5-2)14-17(24(25)26)15-19(20)29(27,28)18-7-6-11-22(3)12-8-18/h2,14-15,18H,4,6-13H2,1,3H3. The molecule has 1 saturated heterocycles. The Bertz CT molecular complexity index is 876. The van der Waals surface area contributed by atoms with E-state index in [0.29, 0.717) is 43.5 Å². The van der Waals surface area contributed by atoms with Crippen molar-refractivity contribution in [3.63, 3.8) is 0 Å². The first-order chi connectivity index (χ1) is 13.8. The first-order valence-electron chi connectivity index (χ1n) is 9.78. The number of rotatable bonds is 8. The van der Waals surface area contributed by atoms with E-state index >= 15 is 0 Å². The number of halogens is 1. The molecule has 29 heavy (non-hydrogen) atoms. The van der Waals surface area contributed by atoms with Gasteiger partial charge in [-0.15, -0.1) is 6.42 Å². The van der Waals surface area contributed by atoms with E-state index in [2.05, 4.69) is 26.8 Å². The molecule has 0 N–H and O–H groups in total. The second-order valence-electron chi connectivity index (χ2n) is 7.32. The highest BCUT2D eigenvalue weighted by atomic mass is 79.9. The maximum atomic E-state index is 13.7. The summed E-state index contributed by atoms with van der Waals surface area (Å²) in [7, 11) is -1.82. The Hall–Kier alpha value is -1.63. The van der Waals surface area contributed by atoms with E-state index < -0.39 is 20.0 Å². The smallest absolute Gasteiger partial charge is 0.272 e. The van der Waals surface area contributed by atoms with Crippen molar-refractivity contribution in [1.29, 1.82) is 0 Å². The average molecular weight is 486 g/mol. The minimum absolute atomic E-state index is 0.0106. The van der Waals surface area contributed by atoms with Crippen LogP contribution in [0.3, 0.4) is 0 Å². The molecule has 160 valence electrons. The summed E-state index contributed by atoms with van der Waals surface area (Å²) in [6, 6.07) is 2.49. The number of non-ortho nitro benzene ring substituents is 1. The number of likely N-dealkylation sites (tertiary alicyclic amines) is 1.